The smallest absolute Gasteiger partial charge is 0.422 e. The number of ether oxygens (including phenoxy) is 2. The number of benzene rings is 1. The van der Waals surface area contributed by atoms with Gasteiger partial charge in [0, 0.05) is 13.1 Å². The molecule has 0 fully saturated rings. The Labute approximate surface area is 147 Å². The number of hydrogen-bond acceptors (Lipinski definition) is 4. The quantitative estimate of drug-likeness (QED) is 0.730. The molecule has 0 aliphatic carbocycles. The minimum atomic E-state index is -4.36. The summed E-state index contributed by atoms with van der Waals surface area (Å²) >= 11 is 0. The van der Waals surface area contributed by atoms with Crippen molar-refractivity contribution in [1.29, 1.82) is 0 Å². The molecule has 1 aromatic carbocycles. The second-order valence-electron chi connectivity index (χ2n) is 6.70. The maximum atomic E-state index is 12.3. The summed E-state index contributed by atoms with van der Waals surface area (Å²) in [7, 11) is 1.87. The molecule has 25 heavy (non-hydrogen) atoms. The number of aryl methyl sites for hydroxylation is 2. The molecule has 1 N–H and O–H groups in total. The van der Waals surface area contributed by atoms with E-state index < -0.39 is 18.9 Å². The summed E-state index contributed by atoms with van der Waals surface area (Å²) in [5.74, 6) is 0.272. The van der Waals surface area contributed by atoms with Crippen LogP contribution >= 0.6 is 0 Å². The van der Waals surface area contributed by atoms with Gasteiger partial charge in [0.25, 0.3) is 0 Å². The highest BCUT2D eigenvalue weighted by Gasteiger charge is 2.29. The van der Waals surface area contributed by atoms with Crippen molar-refractivity contribution in [3.8, 4) is 5.75 Å². The number of halogens is 3. The molecule has 0 spiro atoms. The average Bonchev–Trinajstić information content (AvgIpc) is 2.42. The molecule has 0 saturated heterocycles. The molecular weight excluding hydrogens is 335 g/mol. The largest absolute Gasteiger partial charge is 0.484 e. The molecule has 0 amide bonds. The highest BCUT2D eigenvalue weighted by Crippen LogP contribution is 2.27. The molecule has 144 valence electrons. The van der Waals surface area contributed by atoms with Crippen molar-refractivity contribution >= 4 is 0 Å². The van der Waals surface area contributed by atoms with Gasteiger partial charge >= 0.3 is 6.18 Å². The molecule has 1 atom stereocenters. The van der Waals surface area contributed by atoms with Gasteiger partial charge in [0.15, 0.2) is 6.61 Å². The Morgan fingerprint density at radius 2 is 1.72 bits per heavy atom. The normalized spacial score (nSPS) is 13.6. The lowest BCUT2D eigenvalue weighted by Gasteiger charge is -2.22. The predicted molar refractivity (Wildman–Crippen MR) is 90.9 cm³/mol. The van der Waals surface area contributed by atoms with Crippen LogP contribution in [0, 0.1) is 13.8 Å². The van der Waals surface area contributed by atoms with Gasteiger partial charge < -0.3 is 14.6 Å². The van der Waals surface area contributed by atoms with Crippen molar-refractivity contribution in [2.24, 2.45) is 0 Å². The van der Waals surface area contributed by atoms with Crippen LogP contribution in [0.2, 0.25) is 0 Å². The number of alkyl halides is 3. The predicted octanol–water partition coefficient (Wildman–Crippen LogP) is 3.46. The van der Waals surface area contributed by atoms with Gasteiger partial charge in [0.2, 0.25) is 0 Å². The minimum absolute atomic E-state index is 0.0643. The first-order chi connectivity index (χ1) is 11.5. The molecular formula is C18H28F3NO3. The highest BCUT2D eigenvalue weighted by molar-refractivity contribution is 5.43. The first-order valence-corrected chi connectivity index (χ1v) is 8.25. The summed E-state index contributed by atoms with van der Waals surface area (Å²) in [6.45, 7) is 7.26. The summed E-state index contributed by atoms with van der Waals surface area (Å²) in [4.78, 5) is 1.94. The average molecular weight is 363 g/mol. The van der Waals surface area contributed by atoms with Crippen LogP contribution in [0.1, 0.15) is 30.5 Å². The molecule has 1 aromatic rings. The van der Waals surface area contributed by atoms with Crippen LogP contribution in [-0.2, 0) is 11.3 Å². The zero-order valence-corrected chi connectivity index (χ0v) is 15.5. The van der Waals surface area contributed by atoms with Crippen LogP contribution in [0.5, 0.6) is 5.75 Å². The Bertz CT molecular complexity index is 524. The zero-order chi connectivity index (χ0) is 19.2. The summed E-state index contributed by atoms with van der Waals surface area (Å²) in [6.07, 6.45) is -4.88. The minimum Gasteiger partial charge on any atom is -0.484 e. The number of aliphatic hydroxyl groups excluding tert-OH is 1. The molecule has 0 aromatic heterocycles. The van der Waals surface area contributed by atoms with E-state index in [1.54, 1.807) is 13.8 Å². The number of rotatable bonds is 9. The second kappa shape index (κ2) is 9.40. The van der Waals surface area contributed by atoms with Crippen LogP contribution in [0.25, 0.3) is 0 Å². The van der Waals surface area contributed by atoms with Crippen molar-refractivity contribution in [3.63, 3.8) is 0 Å². The van der Waals surface area contributed by atoms with Crippen LogP contribution in [-0.4, -0.2) is 55.2 Å². The maximum absolute atomic E-state index is 12.3. The third-order valence-electron chi connectivity index (χ3n) is 3.50. The number of hydrogen-bond donors (Lipinski definition) is 1. The topological polar surface area (TPSA) is 41.9 Å². The molecule has 0 aliphatic rings. The van der Waals surface area contributed by atoms with Crippen LogP contribution in [0.3, 0.4) is 0 Å². The Kier molecular flexibility index (Phi) is 8.18. The van der Waals surface area contributed by atoms with Crippen molar-refractivity contribution in [2.45, 2.75) is 52.6 Å². The molecule has 4 nitrogen and oxygen atoms in total. The summed E-state index contributed by atoms with van der Waals surface area (Å²) in [5.41, 5.74) is 2.28. The first kappa shape index (κ1) is 21.7. The molecule has 0 bridgehead atoms. The fourth-order valence-corrected chi connectivity index (χ4v) is 2.61. The summed E-state index contributed by atoms with van der Waals surface area (Å²) in [6, 6.07) is 3.62. The maximum Gasteiger partial charge on any atom is 0.422 e. The molecule has 7 heteroatoms. The summed E-state index contributed by atoms with van der Waals surface area (Å²) in [5, 5.41) is 9.95. The van der Waals surface area contributed by atoms with E-state index >= 15 is 0 Å². The van der Waals surface area contributed by atoms with E-state index in [2.05, 4.69) is 0 Å². The summed E-state index contributed by atoms with van der Waals surface area (Å²) < 4.78 is 47.3. The van der Waals surface area contributed by atoms with E-state index in [1.807, 2.05) is 37.9 Å². The van der Waals surface area contributed by atoms with Crippen molar-refractivity contribution < 1.29 is 27.8 Å². The Morgan fingerprint density at radius 1 is 1.16 bits per heavy atom. The van der Waals surface area contributed by atoms with Crippen molar-refractivity contribution in [3.05, 3.63) is 28.8 Å². The zero-order valence-electron chi connectivity index (χ0n) is 15.5. The SMILES string of the molecule is Cc1cc(CN(C)CC(O)COC(C)C)cc(C)c1OCC(F)(F)F. The number of nitrogens with zero attached hydrogens (tertiary/aromatic N) is 1. The Morgan fingerprint density at radius 3 is 2.20 bits per heavy atom. The fraction of sp³-hybridized carbons (Fsp3) is 0.667. The highest BCUT2D eigenvalue weighted by atomic mass is 19.4. The van der Waals surface area contributed by atoms with E-state index in [0.29, 0.717) is 24.2 Å². The van der Waals surface area contributed by atoms with Crippen LogP contribution < -0.4 is 4.74 Å². The van der Waals surface area contributed by atoms with E-state index in [9.17, 15) is 18.3 Å². The standard InChI is InChI=1S/C18H28F3NO3/c1-12(2)24-10-16(23)9-22(5)8-15-6-13(3)17(14(4)7-15)25-11-18(19,20)21/h6-7,12,16,23H,8-11H2,1-5H3. The molecule has 1 rings (SSSR count). The lowest BCUT2D eigenvalue weighted by atomic mass is 10.1. The van der Waals surface area contributed by atoms with Gasteiger partial charge in [-0.2, -0.15) is 13.2 Å². The van der Waals surface area contributed by atoms with Gasteiger partial charge in [-0.3, -0.25) is 4.90 Å². The van der Waals surface area contributed by atoms with Crippen LogP contribution in [0.15, 0.2) is 12.1 Å². The Balaban J connectivity index is 2.64. The lowest BCUT2D eigenvalue weighted by Crippen LogP contribution is -2.32. The molecule has 0 aliphatic heterocycles. The molecule has 0 radical (unpaired) electrons. The van der Waals surface area contributed by atoms with Crippen molar-refractivity contribution in [2.75, 3.05) is 26.8 Å². The van der Waals surface area contributed by atoms with Gasteiger partial charge in [-0.05, 0) is 51.4 Å². The molecule has 0 heterocycles. The van der Waals surface area contributed by atoms with Gasteiger partial charge in [0.05, 0.1) is 18.8 Å². The van der Waals surface area contributed by atoms with E-state index in [-0.39, 0.29) is 18.5 Å². The van der Waals surface area contributed by atoms with Gasteiger partial charge in [0.1, 0.15) is 5.75 Å². The number of likely N-dealkylation sites (N-methyl/N-ethyl adjacent to an activating group) is 1. The van der Waals surface area contributed by atoms with Gasteiger partial charge in [-0.1, -0.05) is 12.1 Å². The van der Waals surface area contributed by atoms with Gasteiger partial charge in [-0.25, -0.2) is 0 Å². The third kappa shape index (κ3) is 8.56. The van der Waals surface area contributed by atoms with Crippen molar-refractivity contribution in [1.82, 2.24) is 4.90 Å². The fourth-order valence-electron chi connectivity index (χ4n) is 2.61. The monoisotopic (exact) mass is 363 g/mol. The Hall–Kier alpha value is -1.31. The van der Waals surface area contributed by atoms with Crippen LogP contribution in [0.4, 0.5) is 13.2 Å². The van der Waals surface area contributed by atoms with E-state index in [0.717, 1.165) is 5.56 Å². The van der Waals surface area contributed by atoms with E-state index in [1.165, 1.54) is 0 Å². The third-order valence-corrected chi connectivity index (χ3v) is 3.50. The lowest BCUT2D eigenvalue weighted by molar-refractivity contribution is -0.153. The second-order valence-corrected chi connectivity index (χ2v) is 6.70. The first-order valence-electron chi connectivity index (χ1n) is 8.25. The molecule has 1 unspecified atom stereocenters. The molecule has 0 saturated carbocycles. The van der Waals surface area contributed by atoms with Gasteiger partial charge in [-0.15, -0.1) is 0 Å². The van der Waals surface area contributed by atoms with E-state index in [4.69, 9.17) is 9.47 Å². The number of aliphatic hydroxyl groups is 1.